The molecule has 1 fully saturated rings. The Balaban J connectivity index is 1.97. The average molecular weight is 204 g/mol. The molecule has 0 amide bonds. The predicted octanol–water partition coefficient (Wildman–Crippen LogP) is 2.72. The Morgan fingerprint density at radius 3 is 3.13 bits per heavy atom. The number of aromatic nitrogens is 1. The van der Waals surface area contributed by atoms with E-state index < -0.39 is 0 Å². The third-order valence-electron chi connectivity index (χ3n) is 3.38. The summed E-state index contributed by atoms with van der Waals surface area (Å²) >= 11 is 0. The summed E-state index contributed by atoms with van der Waals surface area (Å²) in [5.41, 5.74) is 1.40. The van der Waals surface area contributed by atoms with Crippen LogP contribution in [0, 0.1) is 0 Å². The van der Waals surface area contributed by atoms with Crippen LogP contribution in [0.15, 0.2) is 24.5 Å². The standard InChI is InChI=1S/C13H20N2/c1-2-11(9-13-6-4-8-15-13)12-5-3-7-14-10-12/h3,5,7,10-11,13,15H,2,4,6,8-9H2,1H3. The van der Waals surface area contributed by atoms with Crippen molar-refractivity contribution in [1.82, 2.24) is 10.3 Å². The second kappa shape index (κ2) is 5.26. The van der Waals surface area contributed by atoms with E-state index in [2.05, 4.69) is 23.3 Å². The molecule has 1 aromatic rings. The highest BCUT2D eigenvalue weighted by Crippen LogP contribution is 2.26. The summed E-state index contributed by atoms with van der Waals surface area (Å²) < 4.78 is 0. The van der Waals surface area contributed by atoms with E-state index in [1.807, 2.05) is 18.5 Å². The molecular formula is C13H20N2. The van der Waals surface area contributed by atoms with Gasteiger partial charge in [-0.1, -0.05) is 13.0 Å². The smallest absolute Gasteiger partial charge is 0.0302 e. The quantitative estimate of drug-likeness (QED) is 0.815. The molecule has 0 radical (unpaired) electrons. The highest BCUT2D eigenvalue weighted by atomic mass is 14.9. The van der Waals surface area contributed by atoms with Gasteiger partial charge in [0, 0.05) is 18.4 Å². The highest BCUT2D eigenvalue weighted by Gasteiger charge is 2.19. The first kappa shape index (κ1) is 10.6. The second-order valence-corrected chi connectivity index (χ2v) is 4.42. The van der Waals surface area contributed by atoms with Gasteiger partial charge < -0.3 is 5.32 Å². The molecule has 1 aromatic heterocycles. The van der Waals surface area contributed by atoms with Gasteiger partial charge >= 0.3 is 0 Å². The van der Waals surface area contributed by atoms with Crippen molar-refractivity contribution in [3.63, 3.8) is 0 Å². The van der Waals surface area contributed by atoms with Crippen LogP contribution in [0.4, 0.5) is 0 Å². The molecule has 0 spiro atoms. The maximum Gasteiger partial charge on any atom is 0.0302 e. The average Bonchev–Trinajstić information content (AvgIpc) is 2.80. The molecule has 2 nitrogen and oxygen atoms in total. The zero-order valence-electron chi connectivity index (χ0n) is 9.45. The Bertz CT molecular complexity index is 278. The van der Waals surface area contributed by atoms with Gasteiger partial charge in [-0.2, -0.15) is 0 Å². The van der Waals surface area contributed by atoms with Gasteiger partial charge in [-0.15, -0.1) is 0 Å². The first-order valence-electron chi connectivity index (χ1n) is 6.03. The lowest BCUT2D eigenvalue weighted by Gasteiger charge is -2.19. The van der Waals surface area contributed by atoms with Gasteiger partial charge in [0.15, 0.2) is 0 Å². The molecule has 15 heavy (non-hydrogen) atoms. The lowest BCUT2D eigenvalue weighted by molar-refractivity contribution is 0.481. The van der Waals surface area contributed by atoms with Crippen LogP contribution in [0.2, 0.25) is 0 Å². The van der Waals surface area contributed by atoms with Crippen LogP contribution in [-0.4, -0.2) is 17.6 Å². The topological polar surface area (TPSA) is 24.9 Å². The third kappa shape index (κ3) is 2.78. The van der Waals surface area contributed by atoms with Crippen molar-refractivity contribution in [3.8, 4) is 0 Å². The molecule has 0 aromatic carbocycles. The predicted molar refractivity (Wildman–Crippen MR) is 62.9 cm³/mol. The summed E-state index contributed by atoms with van der Waals surface area (Å²) in [5, 5.41) is 3.57. The summed E-state index contributed by atoms with van der Waals surface area (Å²) in [5.74, 6) is 0.675. The van der Waals surface area contributed by atoms with Crippen molar-refractivity contribution in [1.29, 1.82) is 0 Å². The van der Waals surface area contributed by atoms with Crippen LogP contribution in [-0.2, 0) is 0 Å². The summed E-state index contributed by atoms with van der Waals surface area (Å²) in [4.78, 5) is 4.21. The van der Waals surface area contributed by atoms with Gasteiger partial charge in [0.2, 0.25) is 0 Å². The van der Waals surface area contributed by atoms with E-state index in [0.29, 0.717) is 5.92 Å². The van der Waals surface area contributed by atoms with Crippen molar-refractivity contribution >= 4 is 0 Å². The SMILES string of the molecule is CCC(CC1CCCN1)c1cccnc1. The minimum Gasteiger partial charge on any atom is -0.314 e. The van der Waals surface area contributed by atoms with E-state index in [4.69, 9.17) is 0 Å². The number of pyridine rings is 1. The van der Waals surface area contributed by atoms with Gasteiger partial charge in [0.1, 0.15) is 0 Å². The van der Waals surface area contributed by atoms with Crippen molar-refractivity contribution in [2.45, 2.75) is 44.6 Å². The minimum atomic E-state index is 0.675. The molecule has 82 valence electrons. The van der Waals surface area contributed by atoms with E-state index in [0.717, 1.165) is 6.04 Å². The molecule has 0 bridgehead atoms. The van der Waals surface area contributed by atoms with Crippen LogP contribution in [0.1, 0.15) is 44.1 Å². The van der Waals surface area contributed by atoms with Crippen molar-refractivity contribution in [2.24, 2.45) is 0 Å². The zero-order chi connectivity index (χ0) is 10.5. The maximum atomic E-state index is 4.21. The lowest BCUT2D eigenvalue weighted by atomic mass is 9.90. The van der Waals surface area contributed by atoms with E-state index in [9.17, 15) is 0 Å². The van der Waals surface area contributed by atoms with Gasteiger partial charge in [-0.3, -0.25) is 4.98 Å². The molecule has 1 aliphatic rings. The number of nitrogens with one attached hydrogen (secondary N) is 1. The largest absolute Gasteiger partial charge is 0.314 e. The molecule has 2 unspecified atom stereocenters. The highest BCUT2D eigenvalue weighted by molar-refractivity contribution is 5.14. The van der Waals surface area contributed by atoms with E-state index in [1.54, 1.807) is 0 Å². The molecule has 2 heteroatoms. The molecule has 1 aliphatic heterocycles. The second-order valence-electron chi connectivity index (χ2n) is 4.42. The van der Waals surface area contributed by atoms with Crippen LogP contribution < -0.4 is 5.32 Å². The molecular weight excluding hydrogens is 184 g/mol. The van der Waals surface area contributed by atoms with Gasteiger partial charge in [-0.05, 0) is 49.8 Å². The Morgan fingerprint density at radius 2 is 2.53 bits per heavy atom. The monoisotopic (exact) mass is 204 g/mol. The van der Waals surface area contributed by atoms with Crippen LogP contribution in [0.3, 0.4) is 0 Å². The summed E-state index contributed by atoms with van der Waals surface area (Å²) in [6, 6.07) is 4.98. The Kier molecular flexibility index (Phi) is 3.73. The molecule has 1 saturated heterocycles. The number of rotatable bonds is 4. The van der Waals surface area contributed by atoms with E-state index in [1.165, 1.54) is 37.8 Å². The molecule has 1 N–H and O–H groups in total. The van der Waals surface area contributed by atoms with Crippen molar-refractivity contribution in [3.05, 3.63) is 30.1 Å². The fraction of sp³-hybridized carbons (Fsp3) is 0.615. The summed E-state index contributed by atoms with van der Waals surface area (Å²) in [7, 11) is 0. The fourth-order valence-corrected chi connectivity index (χ4v) is 2.46. The van der Waals surface area contributed by atoms with Gasteiger partial charge in [0.05, 0.1) is 0 Å². The molecule has 0 aliphatic carbocycles. The first-order valence-corrected chi connectivity index (χ1v) is 6.03. The summed E-state index contributed by atoms with van der Waals surface area (Å²) in [6.45, 7) is 3.47. The van der Waals surface area contributed by atoms with Gasteiger partial charge in [-0.25, -0.2) is 0 Å². The minimum absolute atomic E-state index is 0.675. The summed E-state index contributed by atoms with van der Waals surface area (Å²) in [6.07, 6.45) is 9.03. The molecule has 0 saturated carbocycles. The Morgan fingerprint density at radius 1 is 1.60 bits per heavy atom. The maximum absolute atomic E-state index is 4.21. The van der Waals surface area contributed by atoms with E-state index in [-0.39, 0.29) is 0 Å². The fourth-order valence-electron chi connectivity index (χ4n) is 2.46. The van der Waals surface area contributed by atoms with Gasteiger partial charge in [0.25, 0.3) is 0 Å². The van der Waals surface area contributed by atoms with Crippen molar-refractivity contribution < 1.29 is 0 Å². The zero-order valence-corrected chi connectivity index (χ0v) is 9.45. The number of hydrogen-bond donors (Lipinski definition) is 1. The third-order valence-corrected chi connectivity index (χ3v) is 3.38. The number of hydrogen-bond acceptors (Lipinski definition) is 2. The Labute approximate surface area is 92.1 Å². The van der Waals surface area contributed by atoms with E-state index >= 15 is 0 Å². The van der Waals surface area contributed by atoms with Crippen LogP contribution in [0.5, 0.6) is 0 Å². The first-order chi connectivity index (χ1) is 7.40. The van der Waals surface area contributed by atoms with Crippen molar-refractivity contribution in [2.75, 3.05) is 6.54 Å². The Hall–Kier alpha value is -0.890. The molecule has 2 rings (SSSR count). The molecule has 2 heterocycles. The lowest BCUT2D eigenvalue weighted by Crippen LogP contribution is -2.23. The normalized spacial score (nSPS) is 22.9. The van der Waals surface area contributed by atoms with Crippen LogP contribution in [0.25, 0.3) is 0 Å². The molecule has 2 atom stereocenters. The van der Waals surface area contributed by atoms with Crippen LogP contribution >= 0.6 is 0 Å². The number of nitrogens with zero attached hydrogens (tertiary/aromatic N) is 1.